The molecule has 0 saturated carbocycles. The Morgan fingerprint density at radius 1 is 1.36 bits per heavy atom. The second-order valence-corrected chi connectivity index (χ2v) is 5.52. The molecule has 0 unspecified atom stereocenters. The Morgan fingerprint density at radius 2 is 2.09 bits per heavy atom. The molecule has 1 saturated heterocycles. The van der Waals surface area contributed by atoms with E-state index in [4.69, 9.17) is 0 Å². The highest BCUT2D eigenvalue weighted by Gasteiger charge is 2.32. The van der Waals surface area contributed by atoms with Crippen LogP contribution in [0.2, 0.25) is 0 Å². The number of benzene rings is 1. The van der Waals surface area contributed by atoms with E-state index in [-0.39, 0.29) is 24.8 Å². The van der Waals surface area contributed by atoms with E-state index in [1.807, 2.05) is 4.90 Å². The molecule has 5 nitrogen and oxygen atoms in total. The molecule has 0 aliphatic carbocycles. The first-order valence-electron chi connectivity index (χ1n) is 7.04. The van der Waals surface area contributed by atoms with Gasteiger partial charge in [-0.25, -0.2) is 8.78 Å². The lowest BCUT2D eigenvalue weighted by atomic mass is 10.1. The van der Waals surface area contributed by atoms with Crippen LogP contribution in [0.25, 0.3) is 0 Å². The zero-order chi connectivity index (χ0) is 16.3. The Bertz CT molecular complexity index is 578. The van der Waals surface area contributed by atoms with Gasteiger partial charge in [-0.1, -0.05) is 6.07 Å². The quantitative estimate of drug-likeness (QED) is 0.892. The smallest absolute Gasteiger partial charge is 0.237 e. The fraction of sp³-hybridized carbons (Fsp3) is 0.467. The van der Waals surface area contributed by atoms with Crippen LogP contribution in [-0.2, 0) is 16.1 Å². The lowest BCUT2D eigenvalue weighted by Gasteiger charge is -2.35. The van der Waals surface area contributed by atoms with Gasteiger partial charge in [0.15, 0.2) is 11.6 Å². The van der Waals surface area contributed by atoms with Gasteiger partial charge < -0.3 is 10.2 Å². The summed E-state index contributed by atoms with van der Waals surface area (Å²) in [6, 6.07) is 3.06. The van der Waals surface area contributed by atoms with Crippen LogP contribution in [0.4, 0.5) is 8.78 Å². The van der Waals surface area contributed by atoms with Crippen molar-refractivity contribution in [3.05, 3.63) is 35.4 Å². The van der Waals surface area contributed by atoms with Gasteiger partial charge in [0, 0.05) is 33.7 Å². The number of piperazine rings is 1. The summed E-state index contributed by atoms with van der Waals surface area (Å²) in [6.45, 7) is 1.31. The third kappa shape index (κ3) is 3.79. The molecule has 0 spiro atoms. The number of nitrogens with zero attached hydrogens (tertiary/aromatic N) is 2. The van der Waals surface area contributed by atoms with Gasteiger partial charge in [0.25, 0.3) is 0 Å². The molecule has 1 aliphatic heterocycles. The van der Waals surface area contributed by atoms with Gasteiger partial charge in [0.05, 0.1) is 12.5 Å². The van der Waals surface area contributed by atoms with Gasteiger partial charge in [-0.3, -0.25) is 14.5 Å². The summed E-state index contributed by atoms with van der Waals surface area (Å²) in [6.07, 6.45) is 0.0580. The molecule has 22 heavy (non-hydrogen) atoms. The van der Waals surface area contributed by atoms with Crippen molar-refractivity contribution in [2.24, 2.45) is 0 Å². The minimum atomic E-state index is -0.917. The van der Waals surface area contributed by atoms with E-state index >= 15 is 0 Å². The first kappa shape index (κ1) is 16.4. The van der Waals surface area contributed by atoms with Crippen molar-refractivity contribution in [2.75, 3.05) is 27.2 Å². The van der Waals surface area contributed by atoms with E-state index in [2.05, 4.69) is 5.32 Å². The second-order valence-electron chi connectivity index (χ2n) is 5.52. The lowest BCUT2D eigenvalue weighted by molar-refractivity contribution is -0.137. The Balaban J connectivity index is 2.13. The molecular weight excluding hydrogens is 292 g/mol. The average Bonchev–Trinajstić information content (AvgIpc) is 2.46. The van der Waals surface area contributed by atoms with Crippen molar-refractivity contribution in [2.45, 2.75) is 19.0 Å². The Morgan fingerprint density at radius 3 is 2.73 bits per heavy atom. The predicted octanol–water partition coefficient (Wildman–Crippen LogP) is 0.743. The molecule has 1 atom stereocenters. The molecule has 0 bridgehead atoms. The SMILES string of the molecule is CN(C)C(=O)C[C@H]1C(=O)NCCN1Cc1ccc(F)c(F)c1. The van der Waals surface area contributed by atoms with Crippen LogP contribution in [0.5, 0.6) is 0 Å². The highest BCUT2D eigenvalue weighted by molar-refractivity contribution is 5.88. The van der Waals surface area contributed by atoms with E-state index < -0.39 is 17.7 Å². The van der Waals surface area contributed by atoms with Crippen molar-refractivity contribution in [3.63, 3.8) is 0 Å². The summed E-state index contributed by atoms with van der Waals surface area (Å²) >= 11 is 0. The summed E-state index contributed by atoms with van der Waals surface area (Å²) in [4.78, 5) is 27.1. The molecule has 7 heteroatoms. The third-order valence-electron chi connectivity index (χ3n) is 3.68. The zero-order valence-electron chi connectivity index (χ0n) is 12.6. The van der Waals surface area contributed by atoms with Crippen LogP contribution in [0, 0.1) is 11.6 Å². The second kappa shape index (κ2) is 6.83. The van der Waals surface area contributed by atoms with Gasteiger partial charge in [-0.15, -0.1) is 0 Å². The Labute approximate surface area is 127 Å². The first-order valence-corrected chi connectivity index (χ1v) is 7.04. The van der Waals surface area contributed by atoms with Crippen LogP contribution < -0.4 is 5.32 Å². The maximum absolute atomic E-state index is 13.3. The molecule has 1 aliphatic rings. The number of carbonyl (C=O) groups is 2. The van der Waals surface area contributed by atoms with Gasteiger partial charge in [-0.05, 0) is 17.7 Å². The number of nitrogens with one attached hydrogen (secondary N) is 1. The first-order chi connectivity index (χ1) is 10.4. The predicted molar refractivity (Wildman–Crippen MR) is 76.9 cm³/mol. The van der Waals surface area contributed by atoms with Gasteiger partial charge in [0.2, 0.25) is 11.8 Å². The van der Waals surface area contributed by atoms with E-state index in [0.29, 0.717) is 18.7 Å². The standard InChI is InChI=1S/C15H19F2N3O2/c1-19(2)14(21)8-13-15(22)18-5-6-20(13)9-10-3-4-11(16)12(17)7-10/h3-4,7,13H,5-6,8-9H2,1-2H3,(H,18,22)/t13-/m0/s1. The number of hydrogen-bond acceptors (Lipinski definition) is 3. The number of carbonyl (C=O) groups excluding carboxylic acids is 2. The van der Waals surface area contributed by atoms with E-state index in [0.717, 1.165) is 12.1 Å². The van der Waals surface area contributed by atoms with Crippen molar-refractivity contribution in [1.82, 2.24) is 15.1 Å². The molecule has 1 aromatic carbocycles. The lowest BCUT2D eigenvalue weighted by Crippen LogP contribution is -2.56. The van der Waals surface area contributed by atoms with Crippen LogP contribution in [0.1, 0.15) is 12.0 Å². The zero-order valence-corrected chi connectivity index (χ0v) is 12.6. The molecule has 2 amide bonds. The third-order valence-corrected chi connectivity index (χ3v) is 3.68. The van der Waals surface area contributed by atoms with Crippen molar-refractivity contribution < 1.29 is 18.4 Å². The molecule has 0 radical (unpaired) electrons. The van der Waals surface area contributed by atoms with Crippen molar-refractivity contribution in [1.29, 1.82) is 0 Å². The summed E-state index contributed by atoms with van der Waals surface area (Å²) in [7, 11) is 3.26. The van der Waals surface area contributed by atoms with Crippen LogP contribution in [-0.4, -0.2) is 54.8 Å². The van der Waals surface area contributed by atoms with Gasteiger partial charge in [-0.2, -0.15) is 0 Å². The molecule has 1 N–H and O–H groups in total. The molecule has 1 fully saturated rings. The fourth-order valence-electron chi connectivity index (χ4n) is 2.39. The highest BCUT2D eigenvalue weighted by atomic mass is 19.2. The molecule has 1 heterocycles. The van der Waals surface area contributed by atoms with Crippen LogP contribution >= 0.6 is 0 Å². The maximum Gasteiger partial charge on any atom is 0.237 e. The summed E-state index contributed by atoms with van der Waals surface area (Å²) < 4.78 is 26.3. The van der Waals surface area contributed by atoms with E-state index in [1.165, 1.54) is 11.0 Å². The fourth-order valence-corrected chi connectivity index (χ4v) is 2.39. The minimum Gasteiger partial charge on any atom is -0.353 e. The summed E-state index contributed by atoms with van der Waals surface area (Å²) in [5, 5.41) is 2.73. The number of hydrogen-bond donors (Lipinski definition) is 1. The molecule has 2 rings (SSSR count). The minimum absolute atomic E-state index is 0.0580. The molecule has 120 valence electrons. The number of rotatable bonds is 4. The van der Waals surface area contributed by atoms with Crippen LogP contribution in [0.15, 0.2) is 18.2 Å². The summed E-state index contributed by atoms with van der Waals surface area (Å²) in [5.74, 6) is -2.19. The molecule has 0 aromatic heterocycles. The van der Waals surface area contributed by atoms with E-state index in [1.54, 1.807) is 14.1 Å². The number of halogens is 2. The van der Waals surface area contributed by atoms with Crippen molar-refractivity contribution in [3.8, 4) is 0 Å². The highest BCUT2D eigenvalue weighted by Crippen LogP contribution is 2.16. The molecular formula is C15H19F2N3O2. The topological polar surface area (TPSA) is 52.7 Å². The van der Waals surface area contributed by atoms with Crippen LogP contribution in [0.3, 0.4) is 0 Å². The van der Waals surface area contributed by atoms with Crippen molar-refractivity contribution >= 4 is 11.8 Å². The Kier molecular flexibility index (Phi) is 5.07. The average molecular weight is 311 g/mol. The normalized spacial score (nSPS) is 18.9. The monoisotopic (exact) mass is 311 g/mol. The molecule has 1 aromatic rings. The Hall–Kier alpha value is -2.02. The largest absolute Gasteiger partial charge is 0.353 e. The number of amides is 2. The maximum atomic E-state index is 13.3. The van der Waals surface area contributed by atoms with Gasteiger partial charge >= 0.3 is 0 Å². The van der Waals surface area contributed by atoms with E-state index in [9.17, 15) is 18.4 Å². The van der Waals surface area contributed by atoms with Gasteiger partial charge in [0.1, 0.15) is 0 Å². The summed E-state index contributed by atoms with van der Waals surface area (Å²) in [5.41, 5.74) is 0.566.